The van der Waals surface area contributed by atoms with Crippen LogP contribution in [0.25, 0.3) is 0 Å². The highest BCUT2D eigenvalue weighted by Gasteiger charge is 2.24. The first kappa shape index (κ1) is 17.5. The van der Waals surface area contributed by atoms with E-state index in [0.29, 0.717) is 17.7 Å². The summed E-state index contributed by atoms with van der Waals surface area (Å²) in [5, 5.41) is 3.28. The first-order chi connectivity index (χ1) is 11.1. The Kier molecular flexibility index (Phi) is 6.16. The summed E-state index contributed by atoms with van der Waals surface area (Å²) >= 11 is 0. The predicted octanol–water partition coefficient (Wildman–Crippen LogP) is 1.99. The lowest BCUT2D eigenvalue weighted by Gasteiger charge is -2.34. The third kappa shape index (κ3) is 4.10. The average Bonchev–Trinajstić information content (AvgIpc) is 2.59. The van der Waals surface area contributed by atoms with Crippen molar-refractivity contribution in [1.82, 2.24) is 15.1 Å². The van der Waals surface area contributed by atoms with E-state index in [9.17, 15) is 9.59 Å². The van der Waals surface area contributed by atoms with Crippen molar-refractivity contribution in [3.63, 3.8) is 0 Å². The largest absolute Gasteiger partial charge is 0.339 e. The molecule has 0 unspecified atom stereocenters. The van der Waals surface area contributed by atoms with Gasteiger partial charge in [0.25, 0.3) is 11.8 Å². The number of amides is 2. The molecule has 1 aromatic carbocycles. The minimum absolute atomic E-state index is 0.0314. The van der Waals surface area contributed by atoms with Gasteiger partial charge in [-0.25, -0.2) is 0 Å². The Balaban J connectivity index is 2.09. The van der Waals surface area contributed by atoms with Crippen molar-refractivity contribution in [2.45, 2.75) is 33.2 Å². The van der Waals surface area contributed by atoms with E-state index >= 15 is 0 Å². The summed E-state index contributed by atoms with van der Waals surface area (Å²) in [5.41, 5.74) is 1.29. The van der Waals surface area contributed by atoms with Gasteiger partial charge in [0.2, 0.25) is 0 Å². The Labute approximate surface area is 138 Å². The van der Waals surface area contributed by atoms with Crippen LogP contribution in [0.3, 0.4) is 0 Å². The summed E-state index contributed by atoms with van der Waals surface area (Å²) in [6.07, 6.45) is 0.942. The minimum Gasteiger partial charge on any atom is -0.339 e. The van der Waals surface area contributed by atoms with Crippen LogP contribution in [0.5, 0.6) is 0 Å². The monoisotopic (exact) mass is 317 g/mol. The molecule has 0 spiro atoms. The van der Waals surface area contributed by atoms with Gasteiger partial charge in [0.05, 0.1) is 0 Å². The van der Waals surface area contributed by atoms with Gasteiger partial charge in [-0.1, -0.05) is 6.92 Å². The van der Waals surface area contributed by atoms with Crippen LogP contribution in [0.15, 0.2) is 24.3 Å². The maximum absolute atomic E-state index is 12.6. The lowest BCUT2D eigenvalue weighted by atomic mass is 10.1. The van der Waals surface area contributed by atoms with Crippen LogP contribution >= 0.6 is 0 Å². The van der Waals surface area contributed by atoms with E-state index in [-0.39, 0.29) is 17.9 Å². The van der Waals surface area contributed by atoms with E-state index in [0.717, 1.165) is 32.6 Å². The molecule has 0 radical (unpaired) electrons. The van der Waals surface area contributed by atoms with Crippen LogP contribution in [0, 0.1) is 0 Å². The van der Waals surface area contributed by atoms with E-state index in [1.165, 1.54) is 0 Å². The summed E-state index contributed by atoms with van der Waals surface area (Å²) in [4.78, 5) is 28.7. The Morgan fingerprint density at radius 1 is 1.22 bits per heavy atom. The lowest BCUT2D eigenvalue weighted by Crippen LogP contribution is -2.52. The van der Waals surface area contributed by atoms with Crippen LogP contribution in [-0.2, 0) is 0 Å². The zero-order valence-corrected chi connectivity index (χ0v) is 14.3. The second-order valence-electron chi connectivity index (χ2n) is 6.01. The first-order valence-electron chi connectivity index (χ1n) is 8.49. The average molecular weight is 317 g/mol. The van der Waals surface area contributed by atoms with E-state index in [1.807, 2.05) is 23.6 Å². The topological polar surface area (TPSA) is 52.7 Å². The normalized spacial score (nSPS) is 17.9. The highest BCUT2D eigenvalue weighted by atomic mass is 16.2. The van der Waals surface area contributed by atoms with Gasteiger partial charge in [-0.3, -0.25) is 9.59 Å². The van der Waals surface area contributed by atoms with Crippen LogP contribution < -0.4 is 5.32 Å². The summed E-state index contributed by atoms with van der Waals surface area (Å²) in [6, 6.07) is 7.26. The maximum Gasteiger partial charge on any atom is 0.254 e. The molecule has 1 atom stereocenters. The van der Waals surface area contributed by atoms with Crippen molar-refractivity contribution in [1.29, 1.82) is 0 Å². The van der Waals surface area contributed by atoms with Crippen molar-refractivity contribution in [2.24, 2.45) is 0 Å². The third-order valence-electron chi connectivity index (χ3n) is 4.30. The molecular weight excluding hydrogens is 290 g/mol. The fourth-order valence-electron chi connectivity index (χ4n) is 2.92. The zero-order chi connectivity index (χ0) is 16.8. The number of nitrogens with one attached hydrogen (secondary N) is 1. The first-order valence-corrected chi connectivity index (χ1v) is 8.49. The fraction of sp³-hybridized carbons (Fsp3) is 0.556. The molecule has 2 amide bonds. The number of piperazine rings is 1. The molecule has 1 heterocycles. The van der Waals surface area contributed by atoms with E-state index in [2.05, 4.69) is 12.2 Å². The van der Waals surface area contributed by atoms with E-state index < -0.39 is 0 Å². The minimum atomic E-state index is 0.0314. The molecule has 1 saturated heterocycles. The number of hydrogen-bond donors (Lipinski definition) is 1. The lowest BCUT2D eigenvalue weighted by molar-refractivity contribution is 0.0654. The molecule has 2 rings (SSSR count). The van der Waals surface area contributed by atoms with Crippen LogP contribution in [0.1, 0.15) is 47.9 Å². The van der Waals surface area contributed by atoms with Gasteiger partial charge in [-0.05, 0) is 44.5 Å². The molecule has 1 aliphatic rings. The molecule has 0 aromatic heterocycles. The molecule has 0 saturated carbocycles. The van der Waals surface area contributed by atoms with Gasteiger partial charge in [0, 0.05) is 49.9 Å². The molecular formula is C18H27N3O2. The highest BCUT2D eigenvalue weighted by Crippen LogP contribution is 2.13. The molecule has 5 nitrogen and oxygen atoms in total. The van der Waals surface area contributed by atoms with Gasteiger partial charge in [-0.2, -0.15) is 0 Å². The van der Waals surface area contributed by atoms with Gasteiger partial charge in [0.1, 0.15) is 0 Å². The summed E-state index contributed by atoms with van der Waals surface area (Å²) in [7, 11) is 0. The zero-order valence-electron chi connectivity index (χ0n) is 14.3. The van der Waals surface area contributed by atoms with Crippen LogP contribution in [-0.4, -0.2) is 60.4 Å². The molecule has 1 fully saturated rings. The Morgan fingerprint density at radius 2 is 1.87 bits per heavy atom. The molecule has 1 N–H and O–H groups in total. The van der Waals surface area contributed by atoms with Crippen molar-refractivity contribution in [3.05, 3.63) is 35.4 Å². The molecule has 126 valence electrons. The Bertz CT molecular complexity index is 542. The summed E-state index contributed by atoms with van der Waals surface area (Å²) in [5.74, 6) is 0.0720. The number of rotatable bonds is 5. The molecule has 0 aliphatic carbocycles. The molecule has 5 heteroatoms. The maximum atomic E-state index is 12.6. The van der Waals surface area contributed by atoms with Crippen molar-refractivity contribution in [3.8, 4) is 0 Å². The van der Waals surface area contributed by atoms with Crippen molar-refractivity contribution in [2.75, 3.05) is 32.7 Å². The molecule has 1 aliphatic heterocycles. The number of carbonyl (C=O) groups excluding carboxylic acids is 2. The summed E-state index contributed by atoms with van der Waals surface area (Å²) in [6.45, 7) is 9.93. The molecule has 23 heavy (non-hydrogen) atoms. The number of carbonyl (C=O) groups is 2. The number of hydrogen-bond acceptors (Lipinski definition) is 3. The second kappa shape index (κ2) is 8.11. The fourth-order valence-corrected chi connectivity index (χ4v) is 2.92. The smallest absolute Gasteiger partial charge is 0.254 e. The molecule has 0 bridgehead atoms. The van der Waals surface area contributed by atoms with Gasteiger partial charge < -0.3 is 15.1 Å². The van der Waals surface area contributed by atoms with Crippen LogP contribution in [0.2, 0.25) is 0 Å². The predicted molar refractivity (Wildman–Crippen MR) is 91.7 cm³/mol. The van der Waals surface area contributed by atoms with E-state index in [1.54, 1.807) is 24.3 Å². The summed E-state index contributed by atoms with van der Waals surface area (Å²) < 4.78 is 0. The van der Waals surface area contributed by atoms with Crippen LogP contribution in [0.4, 0.5) is 0 Å². The molecule has 1 aromatic rings. The standard InChI is InChI=1S/C18H27N3O2/c1-4-11-20(5-2)17(22)15-6-8-16(9-7-15)18(23)21-12-10-19-13-14(21)3/h6-9,14,19H,4-5,10-13H2,1-3H3/t14-/m0/s1. The van der Waals surface area contributed by atoms with Gasteiger partial charge in [-0.15, -0.1) is 0 Å². The number of nitrogens with zero attached hydrogens (tertiary/aromatic N) is 2. The van der Waals surface area contributed by atoms with Crippen molar-refractivity contribution >= 4 is 11.8 Å². The second-order valence-corrected chi connectivity index (χ2v) is 6.01. The Morgan fingerprint density at radius 3 is 2.43 bits per heavy atom. The van der Waals surface area contributed by atoms with Gasteiger partial charge in [0.15, 0.2) is 0 Å². The quantitative estimate of drug-likeness (QED) is 0.903. The van der Waals surface area contributed by atoms with Crippen molar-refractivity contribution < 1.29 is 9.59 Å². The highest BCUT2D eigenvalue weighted by molar-refractivity contribution is 5.98. The van der Waals surface area contributed by atoms with E-state index in [4.69, 9.17) is 0 Å². The van der Waals surface area contributed by atoms with Gasteiger partial charge >= 0.3 is 0 Å². The number of benzene rings is 1. The SMILES string of the molecule is CCCN(CC)C(=O)c1ccc(C(=O)N2CCNC[C@@H]2C)cc1. The third-order valence-corrected chi connectivity index (χ3v) is 4.30. The Hall–Kier alpha value is -1.88.